The molecule has 28 heavy (non-hydrogen) atoms. The predicted octanol–water partition coefficient (Wildman–Crippen LogP) is 4.59. The first-order valence-corrected chi connectivity index (χ1v) is 9.51. The first-order chi connectivity index (χ1) is 13.8. The van der Waals surface area contributed by atoms with Gasteiger partial charge in [0.2, 0.25) is 0 Å². The van der Waals surface area contributed by atoms with Crippen LogP contribution in [0.15, 0.2) is 84.0 Å². The molecule has 0 aliphatic carbocycles. The molecule has 4 heterocycles. The van der Waals surface area contributed by atoms with Crippen LogP contribution in [0.1, 0.15) is 12.0 Å². The van der Waals surface area contributed by atoms with Crippen molar-refractivity contribution in [2.45, 2.75) is 19.4 Å². The summed E-state index contributed by atoms with van der Waals surface area (Å²) in [5, 5.41) is 0. The molecule has 1 aliphatic heterocycles. The molecular weight excluding hydrogens is 346 g/mol. The van der Waals surface area contributed by atoms with Gasteiger partial charge in [-0.25, -0.2) is 0 Å². The predicted molar refractivity (Wildman–Crippen MR) is 111 cm³/mol. The summed E-state index contributed by atoms with van der Waals surface area (Å²) in [5.41, 5.74) is 6.71. The Morgan fingerprint density at radius 1 is 0.857 bits per heavy atom. The maximum absolute atomic E-state index is 13.5. The standard InChI is InChI=1S/C24H19N3O/c28-24-20(22-10-4-5-12-26-22)15-19(17-7-2-1-3-8-17)23-21-16-25-13-11-18(21)9-6-14-27(23)24/h1-5,7-8,10-13,15-16H,6,9,14H2. The van der Waals surface area contributed by atoms with E-state index in [-0.39, 0.29) is 5.56 Å². The van der Waals surface area contributed by atoms with Gasteiger partial charge < -0.3 is 4.57 Å². The van der Waals surface area contributed by atoms with E-state index in [1.54, 1.807) is 6.20 Å². The molecule has 3 aromatic heterocycles. The van der Waals surface area contributed by atoms with E-state index < -0.39 is 0 Å². The Bertz CT molecular complexity index is 1200. The summed E-state index contributed by atoms with van der Waals surface area (Å²) in [6, 6.07) is 20.0. The van der Waals surface area contributed by atoms with Crippen molar-refractivity contribution in [2.75, 3.05) is 0 Å². The van der Waals surface area contributed by atoms with Crippen LogP contribution in [0.2, 0.25) is 0 Å². The van der Waals surface area contributed by atoms with Crippen molar-refractivity contribution < 1.29 is 0 Å². The minimum absolute atomic E-state index is 0.00471. The highest BCUT2D eigenvalue weighted by Crippen LogP contribution is 2.36. The van der Waals surface area contributed by atoms with Crippen LogP contribution in [0.5, 0.6) is 0 Å². The lowest BCUT2D eigenvalue weighted by molar-refractivity contribution is 0.642. The number of aromatic nitrogens is 3. The minimum atomic E-state index is 0.00471. The number of aryl methyl sites for hydroxylation is 1. The molecule has 1 aliphatic rings. The van der Waals surface area contributed by atoms with E-state index in [0.29, 0.717) is 17.8 Å². The van der Waals surface area contributed by atoms with Gasteiger partial charge in [0, 0.05) is 36.3 Å². The second kappa shape index (κ2) is 6.89. The van der Waals surface area contributed by atoms with Crippen LogP contribution >= 0.6 is 0 Å². The van der Waals surface area contributed by atoms with E-state index in [1.807, 2.05) is 59.4 Å². The van der Waals surface area contributed by atoms with Crippen LogP contribution in [0.4, 0.5) is 0 Å². The molecule has 5 rings (SSSR count). The maximum atomic E-state index is 13.5. The lowest BCUT2D eigenvalue weighted by Crippen LogP contribution is -2.24. The molecule has 0 N–H and O–H groups in total. The zero-order valence-corrected chi connectivity index (χ0v) is 15.4. The average Bonchev–Trinajstić information content (AvgIpc) is 2.96. The summed E-state index contributed by atoms with van der Waals surface area (Å²) in [6.07, 6.45) is 7.30. The molecule has 0 unspecified atom stereocenters. The molecule has 4 aromatic rings. The summed E-state index contributed by atoms with van der Waals surface area (Å²) in [7, 11) is 0. The normalized spacial score (nSPS) is 12.7. The number of fused-ring (bicyclic) bond motifs is 3. The number of pyridine rings is 3. The SMILES string of the molecule is O=c1c(-c2ccccn2)cc(-c2ccccc2)c2n1CCCc1ccncc1-2. The fourth-order valence-corrected chi connectivity index (χ4v) is 4.00. The van der Waals surface area contributed by atoms with Crippen LogP contribution in [0, 0.1) is 0 Å². The third kappa shape index (κ3) is 2.74. The Morgan fingerprint density at radius 3 is 2.54 bits per heavy atom. The van der Waals surface area contributed by atoms with Crippen LogP contribution in [0.25, 0.3) is 33.6 Å². The fraction of sp³-hybridized carbons (Fsp3) is 0.125. The van der Waals surface area contributed by atoms with Crippen molar-refractivity contribution in [2.24, 2.45) is 0 Å². The number of nitrogens with zero attached hydrogens (tertiary/aromatic N) is 3. The van der Waals surface area contributed by atoms with Gasteiger partial charge in [-0.3, -0.25) is 14.8 Å². The fourth-order valence-electron chi connectivity index (χ4n) is 4.00. The number of benzene rings is 1. The minimum Gasteiger partial charge on any atom is -0.307 e. The molecule has 0 radical (unpaired) electrons. The summed E-state index contributed by atoms with van der Waals surface area (Å²) in [6.45, 7) is 0.684. The molecule has 0 spiro atoms. The van der Waals surface area contributed by atoms with Crippen LogP contribution in [0.3, 0.4) is 0 Å². The van der Waals surface area contributed by atoms with Crippen molar-refractivity contribution in [3.8, 4) is 33.6 Å². The highest BCUT2D eigenvalue weighted by Gasteiger charge is 2.22. The van der Waals surface area contributed by atoms with E-state index in [9.17, 15) is 4.79 Å². The average molecular weight is 365 g/mol. The number of rotatable bonds is 2. The molecule has 0 fully saturated rings. The van der Waals surface area contributed by atoms with Crippen LogP contribution in [-0.2, 0) is 13.0 Å². The highest BCUT2D eigenvalue weighted by atomic mass is 16.1. The van der Waals surface area contributed by atoms with Gasteiger partial charge in [0.05, 0.1) is 17.0 Å². The van der Waals surface area contributed by atoms with E-state index in [4.69, 9.17) is 0 Å². The number of hydrogen-bond donors (Lipinski definition) is 0. The van der Waals surface area contributed by atoms with Gasteiger partial charge in [0.25, 0.3) is 5.56 Å². The molecule has 0 bridgehead atoms. The Kier molecular flexibility index (Phi) is 4.09. The molecule has 1 aromatic carbocycles. The Morgan fingerprint density at radius 2 is 1.71 bits per heavy atom. The van der Waals surface area contributed by atoms with Crippen LogP contribution in [-0.4, -0.2) is 14.5 Å². The molecule has 4 heteroatoms. The summed E-state index contributed by atoms with van der Waals surface area (Å²) < 4.78 is 1.92. The lowest BCUT2D eigenvalue weighted by Gasteiger charge is -2.18. The smallest absolute Gasteiger partial charge is 0.260 e. The zero-order valence-electron chi connectivity index (χ0n) is 15.4. The summed E-state index contributed by atoms with van der Waals surface area (Å²) >= 11 is 0. The van der Waals surface area contributed by atoms with Gasteiger partial charge in [-0.05, 0) is 48.2 Å². The van der Waals surface area contributed by atoms with Crippen molar-refractivity contribution in [3.63, 3.8) is 0 Å². The molecule has 4 nitrogen and oxygen atoms in total. The molecule has 0 amide bonds. The third-order valence-electron chi connectivity index (χ3n) is 5.31. The van der Waals surface area contributed by atoms with E-state index >= 15 is 0 Å². The van der Waals surface area contributed by atoms with Crippen molar-refractivity contribution in [3.05, 3.63) is 95.2 Å². The van der Waals surface area contributed by atoms with Gasteiger partial charge in [0.15, 0.2) is 0 Å². The first-order valence-electron chi connectivity index (χ1n) is 9.51. The van der Waals surface area contributed by atoms with E-state index in [2.05, 4.69) is 28.2 Å². The molecule has 136 valence electrons. The van der Waals surface area contributed by atoms with Crippen molar-refractivity contribution in [1.82, 2.24) is 14.5 Å². The zero-order chi connectivity index (χ0) is 18.9. The van der Waals surface area contributed by atoms with E-state index in [0.717, 1.165) is 35.2 Å². The molecular formula is C24H19N3O. The van der Waals surface area contributed by atoms with Gasteiger partial charge in [-0.15, -0.1) is 0 Å². The Balaban J connectivity index is 1.89. The molecule has 0 atom stereocenters. The second-order valence-electron chi connectivity index (χ2n) is 6.99. The van der Waals surface area contributed by atoms with Gasteiger partial charge >= 0.3 is 0 Å². The summed E-state index contributed by atoms with van der Waals surface area (Å²) in [5.74, 6) is 0. The second-order valence-corrected chi connectivity index (χ2v) is 6.99. The Hall–Kier alpha value is -3.53. The van der Waals surface area contributed by atoms with Crippen molar-refractivity contribution >= 4 is 0 Å². The van der Waals surface area contributed by atoms with Gasteiger partial charge in [0.1, 0.15) is 0 Å². The van der Waals surface area contributed by atoms with Crippen LogP contribution < -0.4 is 5.56 Å². The Labute approximate surface area is 163 Å². The monoisotopic (exact) mass is 365 g/mol. The lowest BCUT2D eigenvalue weighted by atomic mass is 9.95. The van der Waals surface area contributed by atoms with Crippen molar-refractivity contribution in [1.29, 1.82) is 0 Å². The van der Waals surface area contributed by atoms with E-state index in [1.165, 1.54) is 5.56 Å². The molecule has 0 saturated carbocycles. The first kappa shape index (κ1) is 16.6. The maximum Gasteiger partial charge on any atom is 0.260 e. The highest BCUT2D eigenvalue weighted by molar-refractivity contribution is 5.85. The quantitative estimate of drug-likeness (QED) is 0.522. The van der Waals surface area contributed by atoms with Gasteiger partial charge in [-0.2, -0.15) is 0 Å². The topological polar surface area (TPSA) is 47.8 Å². The van der Waals surface area contributed by atoms with Gasteiger partial charge in [-0.1, -0.05) is 36.4 Å². The largest absolute Gasteiger partial charge is 0.307 e. The number of hydrogen-bond acceptors (Lipinski definition) is 3. The summed E-state index contributed by atoms with van der Waals surface area (Å²) in [4.78, 5) is 22.3. The molecule has 0 saturated heterocycles. The third-order valence-corrected chi connectivity index (χ3v) is 5.31.